The number of carbonyl (C=O) groups excluding carboxylic acids is 1. The highest BCUT2D eigenvalue weighted by Gasteiger charge is 2.49. The van der Waals surface area contributed by atoms with E-state index in [0.29, 0.717) is 5.92 Å². The first kappa shape index (κ1) is 23.1. The molecule has 4 rings (SSSR count). The molecule has 0 radical (unpaired) electrons. The van der Waals surface area contributed by atoms with Crippen LogP contribution in [0.4, 0.5) is 4.79 Å². The van der Waals surface area contributed by atoms with Crippen molar-refractivity contribution in [2.45, 2.75) is 70.6 Å². The van der Waals surface area contributed by atoms with Crippen LogP contribution in [0.1, 0.15) is 63.5 Å². The summed E-state index contributed by atoms with van der Waals surface area (Å²) in [6.45, 7) is 8.17. The van der Waals surface area contributed by atoms with Gasteiger partial charge in [0.1, 0.15) is 5.60 Å². The van der Waals surface area contributed by atoms with E-state index in [4.69, 9.17) is 16.3 Å². The largest absolute Gasteiger partial charge is 0.444 e. The molecule has 2 fully saturated rings. The van der Waals surface area contributed by atoms with Crippen LogP contribution >= 0.6 is 11.6 Å². The Morgan fingerprint density at radius 3 is 2.44 bits per heavy atom. The normalized spacial score (nSPS) is 21.5. The molecule has 0 bridgehead atoms. The minimum Gasteiger partial charge on any atom is -0.444 e. The number of halogens is 1. The van der Waals surface area contributed by atoms with Crippen molar-refractivity contribution in [3.8, 4) is 0 Å². The summed E-state index contributed by atoms with van der Waals surface area (Å²) in [6, 6.07) is 18.7. The van der Waals surface area contributed by atoms with Crippen LogP contribution in [-0.2, 0) is 11.3 Å². The Kier molecular flexibility index (Phi) is 6.83. The predicted octanol–water partition coefficient (Wildman–Crippen LogP) is 6.39. The monoisotopic (exact) mass is 454 g/mol. The molecule has 5 heteroatoms. The Balaban J connectivity index is 1.44. The number of amides is 1. The van der Waals surface area contributed by atoms with E-state index in [1.165, 1.54) is 12.0 Å². The molecule has 0 saturated heterocycles. The van der Waals surface area contributed by atoms with Crippen molar-refractivity contribution in [2.75, 3.05) is 13.1 Å². The molecule has 2 aromatic carbocycles. The Bertz CT molecular complexity index is 921. The third-order valence-corrected chi connectivity index (χ3v) is 7.07. The Morgan fingerprint density at radius 1 is 1.12 bits per heavy atom. The van der Waals surface area contributed by atoms with E-state index in [9.17, 15) is 4.79 Å². The summed E-state index contributed by atoms with van der Waals surface area (Å²) in [4.78, 5) is 15.3. The molecule has 2 aliphatic carbocycles. The fourth-order valence-corrected chi connectivity index (χ4v) is 4.96. The van der Waals surface area contributed by atoms with Gasteiger partial charge in [-0.2, -0.15) is 0 Å². The number of carbonyl (C=O) groups is 1. The fourth-order valence-electron chi connectivity index (χ4n) is 4.76. The van der Waals surface area contributed by atoms with Crippen LogP contribution in [0, 0.1) is 5.41 Å². The van der Waals surface area contributed by atoms with Crippen molar-refractivity contribution < 1.29 is 9.53 Å². The zero-order valence-corrected chi connectivity index (χ0v) is 20.2. The molecule has 1 unspecified atom stereocenters. The smallest absolute Gasteiger partial charge is 0.410 e. The fraction of sp³-hybridized carbons (Fsp3) is 0.519. The summed E-state index contributed by atoms with van der Waals surface area (Å²) in [6.07, 6.45) is 4.29. The SMILES string of the molecule is CC(C)(C)OC(=O)N(CC1(CNCc2ccccc2Cl)CCC1)[C@H]1CC1c1ccccc1. The number of hydrogen-bond donors (Lipinski definition) is 1. The lowest BCUT2D eigenvalue weighted by Gasteiger charge is -2.45. The van der Waals surface area contributed by atoms with E-state index in [0.717, 1.165) is 49.5 Å². The number of benzene rings is 2. The van der Waals surface area contributed by atoms with Crippen molar-refractivity contribution in [2.24, 2.45) is 5.41 Å². The van der Waals surface area contributed by atoms with E-state index >= 15 is 0 Å². The van der Waals surface area contributed by atoms with Gasteiger partial charge in [0.2, 0.25) is 0 Å². The highest BCUT2D eigenvalue weighted by Crippen LogP contribution is 2.48. The molecule has 4 nitrogen and oxygen atoms in total. The van der Waals surface area contributed by atoms with Gasteiger partial charge in [-0.25, -0.2) is 4.79 Å². The first-order valence-corrected chi connectivity index (χ1v) is 12.1. The first-order valence-electron chi connectivity index (χ1n) is 11.8. The van der Waals surface area contributed by atoms with Crippen LogP contribution in [0.5, 0.6) is 0 Å². The number of nitrogens with one attached hydrogen (secondary N) is 1. The highest BCUT2D eigenvalue weighted by atomic mass is 35.5. The lowest BCUT2D eigenvalue weighted by molar-refractivity contribution is 0.00105. The van der Waals surface area contributed by atoms with Crippen molar-refractivity contribution in [1.82, 2.24) is 10.2 Å². The minimum absolute atomic E-state index is 0.0992. The molecule has 0 spiro atoms. The van der Waals surface area contributed by atoms with Crippen LogP contribution in [0.15, 0.2) is 54.6 Å². The number of ether oxygens (including phenoxy) is 1. The van der Waals surface area contributed by atoms with Crippen molar-refractivity contribution in [3.63, 3.8) is 0 Å². The molecular formula is C27H35ClN2O2. The van der Waals surface area contributed by atoms with Gasteiger partial charge in [-0.05, 0) is 57.2 Å². The van der Waals surface area contributed by atoms with E-state index in [1.807, 2.05) is 49.9 Å². The van der Waals surface area contributed by atoms with Gasteiger partial charge >= 0.3 is 6.09 Å². The number of hydrogen-bond acceptors (Lipinski definition) is 3. The molecule has 172 valence electrons. The molecule has 0 aliphatic heterocycles. The Hall–Kier alpha value is -2.04. The molecular weight excluding hydrogens is 420 g/mol. The second-order valence-corrected chi connectivity index (χ2v) is 10.9. The van der Waals surface area contributed by atoms with Crippen molar-refractivity contribution >= 4 is 17.7 Å². The number of nitrogens with zero attached hydrogens (tertiary/aromatic N) is 1. The molecule has 2 aromatic rings. The summed E-state index contributed by atoms with van der Waals surface area (Å²) in [7, 11) is 0. The second-order valence-electron chi connectivity index (χ2n) is 10.5. The average molecular weight is 455 g/mol. The molecule has 2 atom stereocenters. The van der Waals surface area contributed by atoms with Crippen LogP contribution in [0.3, 0.4) is 0 Å². The molecule has 0 aromatic heterocycles. The maximum absolute atomic E-state index is 13.2. The summed E-state index contributed by atoms with van der Waals surface area (Å²) < 4.78 is 5.84. The lowest BCUT2D eigenvalue weighted by atomic mass is 9.68. The van der Waals surface area contributed by atoms with Gasteiger partial charge in [-0.3, -0.25) is 0 Å². The summed E-state index contributed by atoms with van der Waals surface area (Å²) in [5.74, 6) is 0.400. The third-order valence-electron chi connectivity index (χ3n) is 6.71. The van der Waals surface area contributed by atoms with Crippen molar-refractivity contribution in [1.29, 1.82) is 0 Å². The van der Waals surface area contributed by atoms with Crippen molar-refractivity contribution in [3.05, 3.63) is 70.7 Å². The topological polar surface area (TPSA) is 41.6 Å². The van der Waals surface area contributed by atoms with Gasteiger partial charge in [0.15, 0.2) is 0 Å². The molecule has 32 heavy (non-hydrogen) atoms. The summed E-state index contributed by atoms with van der Waals surface area (Å²) in [5.41, 5.74) is 2.02. The maximum atomic E-state index is 13.2. The predicted molar refractivity (Wildman–Crippen MR) is 130 cm³/mol. The quantitative estimate of drug-likeness (QED) is 0.502. The number of rotatable bonds is 8. The second kappa shape index (κ2) is 9.44. The van der Waals surface area contributed by atoms with Crippen LogP contribution in [0.2, 0.25) is 5.02 Å². The maximum Gasteiger partial charge on any atom is 0.410 e. The van der Waals surface area contributed by atoms with Crippen LogP contribution in [-0.4, -0.2) is 35.7 Å². The third kappa shape index (κ3) is 5.65. The molecule has 0 heterocycles. The van der Waals surface area contributed by atoms with Crippen LogP contribution in [0.25, 0.3) is 0 Å². The molecule has 2 aliphatic rings. The van der Waals surface area contributed by atoms with Gasteiger partial charge < -0.3 is 15.0 Å². The lowest BCUT2D eigenvalue weighted by Crippen LogP contribution is -2.51. The van der Waals surface area contributed by atoms with Gasteiger partial charge in [-0.15, -0.1) is 0 Å². The zero-order valence-electron chi connectivity index (χ0n) is 19.4. The Morgan fingerprint density at radius 2 is 1.81 bits per heavy atom. The van der Waals surface area contributed by atoms with Gasteiger partial charge in [0.25, 0.3) is 0 Å². The average Bonchev–Trinajstić information content (AvgIpc) is 3.50. The van der Waals surface area contributed by atoms with E-state index in [2.05, 4.69) is 35.6 Å². The minimum atomic E-state index is -0.498. The van der Waals surface area contributed by atoms with E-state index < -0.39 is 5.60 Å². The summed E-state index contributed by atoms with van der Waals surface area (Å²) in [5, 5.41) is 4.41. The molecule has 2 saturated carbocycles. The summed E-state index contributed by atoms with van der Waals surface area (Å²) >= 11 is 6.32. The first-order chi connectivity index (χ1) is 15.3. The Labute approximate surface area is 197 Å². The zero-order chi connectivity index (χ0) is 22.8. The van der Waals surface area contributed by atoms with E-state index in [1.54, 1.807) is 0 Å². The van der Waals surface area contributed by atoms with Gasteiger partial charge in [0.05, 0.1) is 0 Å². The van der Waals surface area contributed by atoms with E-state index in [-0.39, 0.29) is 17.6 Å². The van der Waals surface area contributed by atoms with Gasteiger partial charge in [0, 0.05) is 42.0 Å². The van der Waals surface area contributed by atoms with Crippen LogP contribution < -0.4 is 5.32 Å². The molecule has 1 N–H and O–H groups in total. The molecule has 1 amide bonds. The van der Waals surface area contributed by atoms with Gasteiger partial charge in [-0.1, -0.05) is 66.6 Å². The highest BCUT2D eigenvalue weighted by molar-refractivity contribution is 6.31. The standard InChI is InChI=1S/C27H35ClN2O2/c1-26(2,3)32-25(31)30(24-16-22(24)20-10-5-4-6-11-20)19-27(14-9-15-27)18-29-17-21-12-7-8-13-23(21)28/h4-8,10-13,22,24,29H,9,14-19H2,1-3H3/t22?,24-/m0/s1.